The van der Waals surface area contributed by atoms with Crippen LogP contribution < -0.4 is 10.6 Å². The summed E-state index contributed by atoms with van der Waals surface area (Å²) < 4.78 is 12.3. The van der Waals surface area contributed by atoms with Crippen molar-refractivity contribution < 1.29 is 4.39 Å². The third-order valence-electron chi connectivity index (χ3n) is 2.79. The van der Waals surface area contributed by atoms with Gasteiger partial charge in [-0.15, -0.1) is 0 Å². The van der Waals surface area contributed by atoms with Crippen LogP contribution in [0.15, 0.2) is 24.3 Å². The molecule has 0 unspecified atom stereocenters. The molecule has 0 bridgehead atoms. The maximum atomic E-state index is 12.3. The van der Waals surface area contributed by atoms with Crippen molar-refractivity contribution >= 4 is 17.6 Å². The highest BCUT2D eigenvalue weighted by molar-refractivity contribution is 6.02. The first-order valence-electron chi connectivity index (χ1n) is 5.80. The molecule has 1 heterocycles. The number of likely N-dealkylation sites (tertiary alicyclic amines) is 1. The van der Waals surface area contributed by atoms with Gasteiger partial charge < -0.3 is 10.2 Å². The maximum Gasteiger partial charge on any atom is 0.199 e. The van der Waals surface area contributed by atoms with Crippen molar-refractivity contribution in [1.29, 1.82) is 10.8 Å². The Morgan fingerprint density at radius 1 is 1.22 bits per heavy atom. The number of nitrogens with zero attached hydrogens (tertiary/aromatic N) is 1. The second kappa shape index (κ2) is 5.48. The molecule has 2 rings (SSSR count). The number of hydrogen-bond donors (Lipinski definition) is 4. The van der Waals surface area contributed by atoms with Gasteiger partial charge in [-0.3, -0.25) is 16.1 Å². The lowest BCUT2D eigenvalue weighted by molar-refractivity contribution is 0.291. The average molecular weight is 249 g/mol. The van der Waals surface area contributed by atoms with Crippen LogP contribution in [0, 0.1) is 10.8 Å². The molecular formula is C12H16FN5. The Bertz CT molecular complexity index is 438. The molecule has 0 spiro atoms. The molecule has 1 aromatic carbocycles. The van der Waals surface area contributed by atoms with E-state index in [1.165, 1.54) is 0 Å². The summed E-state index contributed by atoms with van der Waals surface area (Å²) in [6.07, 6.45) is 1.09. The van der Waals surface area contributed by atoms with E-state index in [9.17, 15) is 4.39 Å². The summed E-state index contributed by atoms with van der Waals surface area (Å²) in [7, 11) is 0. The summed E-state index contributed by atoms with van der Waals surface area (Å²) in [5.41, 5.74) is 1.30. The first-order valence-corrected chi connectivity index (χ1v) is 5.80. The van der Waals surface area contributed by atoms with Crippen molar-refractivity contribution in [3.63, 3.8) is 0 Å². The topological polar surface area (TPSA) is 75.0 Å². The second-order valence-corrected chi connectivity index (χ2v) is 4.14. The van der Waals surface area contributed by atoms with Crippen molar-refractivity contribution in [2.75, 3.05) is 18.4 Å². The zero-order valence-electron chi connectivity index (χ0n) is 9.96. The van der Waals surface area contributed by atoms with Crippen LogP contribution in [0.4, 0.5) is 10.1 Å². The van der Waals surface area contributed by atoms with Gasteiger partial charge in [0, 0.05) is 18.8 Å². The third kappa shape index (κ3) is 2.97. The van der Waals surface area contributed by atoms with Crippen molar-refractivity contribution in [2.24, 2.45) is 0 Å². The summed E-state index contributed by atoms with van der Waals surface area (Å²) in [5.74, 6) is 0.277. The summed E-state index contributed by atoms with van der Waals surface area (Å²) in [6.45, 7) is 1.24. The average Bonchev–Trinajstić information content (AvgIpc) is 2.27. The van der Waals surface area contributed by atoms with Crippen LogP contribution in [0.5, 0.6) is 0 Å². The number of hydrogen-bond acceptors (Lipinski definition) is 2. The Kier molecular flexibility index (Phi) is 3.76. The van der Waals surface area contributed by atoms with Gasteiger partial charge in [-0.25, -0.2) is 4.39 Å². The van der Waals surface area contributed by atoms with Crippen LogP contribution in [0.1, 0.15) is 12.0 Å². The molecule has 0 aromatic heterocycles. The van der Waals surface area contributed by atoms with Gasteiger partial charge in [0.05, 0.1) is 0 Å². The predicted octanol–water partition coefficient (Wildman–Crippen LogP) is 1.73. The molecular weight excluding hydrogens is 233 g/mol. The standard InChI is InChI=1S/C12H16FN5/c13-8-9-2-4-10(5-3-9)16-11(14)17-12(15)18-6-1-7-18/h2-5H,1,6-8H2,(H4,14,15,16,17). The fourth-order valence-electron chi connectivity index (χ4n) is 1.59. The summed E-state index contributed by atoms with van der Waals surface area (Å²) in [4.78, 5) is 1.85. The molecule has 96 valence electrons. The molecule has 4 N–H and O–H groups in total. The Hall–Kier alpha value is -2.11. The van der Waals surface area contributed by atoms with Gasteiger partial charge in [0.25, 0.3) is 0 Å². The summed E-state index contributed by atoms with van der Waals surface area (Å²) >= 11 is 0. The maximum absolute atomic E-state index is 12.3. The highest BCUT2D eigenvalue weighted by Crippen LogP contribution is 2.10. The quantitative estimate of drug-likeness (QED) is 0.476. The number of guanidine groups is 2. The van der Waals surface area contributed by atoms with Gasteiger partial charge in [0.2, 0.25) is 0 Å². The molecule has 1 aliphatic rings. The lowest BCUT2D eigenvalue weighted by Gasteiger charge is -2.33. The molecule has 6 heteroatoms. The van der Waals surface area contributed by atoms with Gasteiger partial charge in [-0.05, 0) is 24.1 Å². The van der Waals surface area contributed by atoms with E-state index in [1.54, 1.807) is 24.3 Å². The number of benzene rings is 1. The van der Waals surface area contributed by atoms with Gasteiger partial charge in [-0.2, -0.15) is 0 Å². The Morgan fingerprint density at radius 2 is 1.89 bits per heavy atom. The first kappa shape index (κ1) is 12.3. The van der Waals surface area contributed by atoms with Gasteiger partial charge in [-0.1, -0.05) is 12.1 Å². The number of halogens is 1. The lowest BCUT2D eigenvalue weighted by Crippen LogP contribution is -2.51. The molecule has 0 atom stereocenters. The second-order valence-electron chi connectivity index (χ2n) is 4.14. The summed E-state index contributed by atoms with van der Waals surface area (Å²) in [5, 5.41) is 20.8. The van der Waals surface area contributed by atoms with E-state index in [4.69, 9.17) is 10.8 Å². The van der Waals surface area contributed by atoms with Crippen molar-refractivity contribution in [2.45, 2.75) is 13.1 Å². The van der Waals surface area contributed by atoms with Gasteiger partial charge in [0.1, 0.15) is 6.67 Å². The van der Waals surface area contributed by atoms with Crippen LogP contribution in [0.3, 0.4) is 0 Å². The Labute approximate surface area is 105 Å². The molecule has 1 aromatic rings. The van der Waals surface area contributed by atoms with E-state index in [2.05, 4.69) is 10.6 Å². The van der Waals surface area contributed by atoms with Crippen molar-refractivity contribution in [3.8, 4) is 0 Å². The number of alkyl halides is 1. The van der Waals surface area contributed by atoms with E-state index < -0.39 is 6.67 Å². The van der Waals surface area contributed by atoms with Crippen LogP contribution in [0.2, 0.25) is 0 Å². The minimum atomic E-state index is -0.490. The van der Waals surface area contributed by atoms with E-state index in [-0.39, 0.29) is 11.9 Å². The van der Waals surface area contributed by atoms with Gasteiger partial charge in [0.15, 0.2) is 11.9 Å². The molecule has 1 fully saturated rings. The SMILES string of the molecule is N=C(NC(=N)N1CCC1)Nc1ccc(CF)cc1. The van der Waals surface area contributed by atoms with Crippen LogP contribution in [0.25, 0.3) is 0 Å². The fraction of sp³-hybridized carbons (Fsp3) is 0.333. The number of nitrogens with one attached hydrogen (secondary N) is 4. The van der Waals surface area contributed by atoms with E-state index in [0.29, 0.717) is 11.3 Å². The number of rotatable bonds is 2. The molecule has 1 saturated heterocycles. The van der Waals surface area contributed by atoms with Crippen LogP contribution in [-0.4, -0.2) is 29.9 Å². The molecule has 0 aliphatic carbocycles. The Morgan fingerprint density at radius 3 is 2.39 bits per heavy atom. The third-order valence-corrected chi connectivity index (χ3v) is 2.79. The smallest absolute Gasteiger partial charge is 0.199 e. The first-order chi connectivity index (χ1) is 8.69. The monoisotopic (exact) mass is 249 g/mol. The minimum absolute atomic E-state index is 0.0416. The van der Waals surface area contributed by atoms with Crippen LogP contribution in [-0.2, 0) is 6.67 Å². The lowest BCUT2D eigenvalue weighted by atomic mass is 10.2. The van der Waals surface area contributed by atoms with Crippen molar-refractivity contribution in [1.82, 2.24) is 10.2 Å². The zero-order valence-corrected chi connectivity index (χ0v) is 9.96. The number of anilines is 1. The molecule has 5 nitrogen and oxygen atoms in total. The van der Waals surface area contributed by atoms with Crippen LogP contribution >= 0.6 is 0 Å². The Balaban J connectivity index is 1.84. The van der Waals surface area contributed by atoms with Gasteiger partial charge >= 0.3 is 0 Å². The molecule has 0 radical (unpaired) electrons. The minimum Gasteiger partial charge on any atom is -0.343 e. The zero-order chi connectivity index (χ0) is 13.0. The molecule has 1 aliphatic heterocycles. The fourth-order valence-corrected chi connectivity index (χ4v) is 1.59. The molecule has 0 amide bonds. The predicted molar refractivity (Wildman–Crippen MR) is 69.7 cm³/mol. The van der Waals surface area contributed by atoms with E-state index in [1.807, 2.05) is 4.90 Å². The van der Waals surface area contributed by atoms with Crippen molar-refractivity contribution in [3.05, 3.63) is 29.8 Å². The highest BCUT2D eigenvalue weighted by atomic mass is 19.1. The highest BCUT2D eigenvalue weighted by Gasteiger charge is 2.17. The molecule has 18 heavy (non-hydrogen) atoms. The molecule has 0 saturated carbocycles. The normalized spacial score (nSPS) is 13.7. The summed E-state index contributed by atoms with van der Waals surface area (Å²) in [6, 6.07) is 6.74. The largest absolute Gasteiger partial charge is 0.343 e. The van der Waals surface area contributed by atoms with E-state index in [0.717, 1.165) is 19.5 Å². The van der Waals surface area contributed by atoms with E-state index >= 15 is 0 Å².